The Labute approximate surface area is 139 Å². The summed E-state index contributed by atoms with van der Waals surface area (Å²) in [5, 5.41) is 3.96. The summed E-state index contributed by atoms with van der Waals surface area (Å²) in [5.41, 5.74) is -0.622. The van der Waals surface area contributed by atoms with Crippen molar-refractivity contribution in [3.8, 4) is 0 Å². The molecule has 1 aliphatic heterocycles. The molecule has 1 unspecified atom stereocenters. The van der Waals surface area contributed by atoms with Crippen molar-refractivity contribution in [3.63, 3.8) is 0 Å². The van der Waals surface area contributed by atoms with E-state index in [0.717, 1.165) is 6.42 Å². The Morgan fingerprint density at radius 3 is 2.75 bits per heavy atom. The molecule has 0 aliphatic carbocycles. The van der Waals surface area contributed by atoms with Crippen molar-refractivity contribution in [2.45, 2.75) is 24.9 Å². The predicted molar refractivity (Wildman–Crippen MR) is 83.4 cm³/mol. The summed E-state index contributed by atoms with van der Waals surface area (Å²) >= 11 is 0. The topological polar surface area (TPSA) is 97.1 Å². The lowest BCUT2D eigenvalue weighted by molar-refractivity contribution is -0.151. The van der Waals surface area contributed by atoms with Gasteiger partial charge in [-0.2, -0.15) is 5.10 Å². The third-order valence-corrected chi connectivity index (χ3v) is 4.19. The Kier molecular flexibility index (Phi) is 4.24. The van der Waals surface area contributed by atoms with E-state index in [-0.39, 0.29) is 18.4 Å². The number of likely N-dealkylation sites (N-methyl/N-ethyl adjacent to an activating group) is 1. The van der Waals surface area contributed by atoms with Gasteiger partial charge in [-0.3, -0.25) is 19.6 Å². The zero-order valence-electron chi connectivity index (χ0n) is 13.7. The molecule has 2 amide bonds. The van der Waals surface area contributed by atoms with E-state index in [0.29, 0.717) is 18.7 Å². The highest BCUT2D eigenvalue weighted by atomic mass is 16.2. The van der Waals surface area contributed by atoms with Crippen molar-refractivity contribution in [1.82, 2.24) is 34.5 Å². The molecular weight excluding hydrogens is 310 g/mol. The molecule has 0 spiro atoms. The van der Waals surface area contributed by atoms with Gasteiger partial charge in [-0.25, -0.2) is 9.67 Å². The van der Waals surface area contributed by atoms with Gasteiger partial charge >= 0.3 is 0 Å². The van der Waals surface area contributed by atoms with Crippen LogP contribution in [0.5, 0.6) is 0 Å². The summed E-state index contributed by atoms with van der Waals surface area (Å²) < 4.78 is 1.45. The van der Waals surface area contributed by atoms with Gasteiger partial charge in [-0.05, 0) is 12.8 Å². The number of amides is 2. The quantitative estimate of drug-likeness (QED) is 0.762. The Bertz CT molecular complexity index is 717. The van der Waals surface area contributed by atoms with E-state index in [9.17, 15) is 9.59 Å². The third-order valence-electron chi connectivity index (χ3n) is 4.19. The van der Waals surface area contributed by atoms with Crippen molar-refractivity contribution in [2.75, 3.05) is 20.6 Å². The Balaban J connectivity index is 2.00. The van der Waals surface area contributed by atoms with E-state index in [2.05, 4.69) is 20.1 Å². The van der Waals surface area contributed by atoms with Crippen molar-refractivity contribution in [2.24, 2.45) is 0 Å². The van der Waals surface area contributed by atoms with Crippen LogP contribution in [0.4, 0.5) is 0 Å². The minimum absolute atomic E-state index is 0.0305. The summed E-state index contributed by atoms with van der Waals surface area (Å²) in [5.74, 6) is -0.369. The van der Waals surface area contributed by atoms with Gasteiger partial charge in [-0.1, -0.05) is 0 Å². The fraction of sp³-hybridized carbons (Fsp3) is 0.467. The van der Waals surface area contributed by atoms with Crippen molar-refractivity contribution in [1.29, 1.82) is 0 Å². The van der Waals surface area contributed by atoms with E-state index in [1.807, 2.05) is 0 Å². The summed E-state index contributed by atoms with van der Waals surface area (Å²) in [6, 6.07) is 0. The predicted octanol–water partition coefficient (Wildman–Crippen LogP) is -0.326. The van der Waals surface area contributed by atoms with Gasteiger partial charge in [0.15, 0.2) is 5.54 Å². The number of aromatic nitrogens is 5. The normalized spacial score (nSPS) is 20.2. The number of hydrogen-bond donors (Lipinski definition) is 0. The van der Waals surface area contributed by atoms with Crippen molar-refractivity contribution < 1.29 is 9.59 Å². The molecule has 0 N–H and O–H groups in total. The lowest BCUT2D eigenvalue weighted by atomic mass is 9.90. The van der Waals surface area contributed by atoms with Crippen LogP contribution in [0.1, 0.15) is 18.5 Å². The zero-order chi connectivity index (χ0) is 17.2. The van der Waals surface area contributed by atoms with Gasteiger partial charge in [0, 0.05) is 33.0 Å². The largest absolute Gasteiger partial charge is 0.346 e. The molecule has 1 atom stereocenters. The summed E-state index contributed by atoms with van der Waals surface area (Å²) in [6.45, 7) is 0.520. The molecule has 0 radical (unpaired) electrons. The molecule has 9 heteroatoms. The van der Waals surface area contributed by atoms with Gasteiger partial charge in [0.25, 0.3) is 5.91 Å². The zero-order valence-corrected chi connectivity index (χ0v) is 13.7. The molecule has 1 aliphatic rings. The van der Waals surface area contributed by atoms with Gasteiger partial charge in [-0.15, -0.1) is 0 Å². The van der Waals surface area contributed by atoms with E-state index >= 15 is 0 Å². The van der Waals surface area contributed by atoms with E-state index in [4.69, 9.17) is 0 Å². The molecule has 0 saturated carbocycles. The fourth-order valence-electron chi connectivity index (χ4n) is 3.18. The smallest absolute Gasteiger partial charge is 0.254 e. The maximum atomic E-state index is 13.0. The molecule has 126 valence electrons. The maximum Gasteiger partial charge on any atom is 0.254 e. The van der Waals surface area contributed by atoms with Crippen LogP contribution in [0.3, 0.4) is 0 Å². The standard InChI is InChI=1S/C15H19N7O2/c1-20(2)14(24)15(12-8-16-5-6-18-12)4-3-7-22(15)13(23)9-21-11-17-10-19-21/h5-6,8,10-11H,3-4,7,9H2,1-2H3. The number of likely N-dealkylation sites (tertiary alicyclic amines) is 1. The number of nitrogens with zero attached hydrogens (tertiary/aromatic N) is 7. The van der Waals surface area contributed by atoms with Crippen LogP contribution in [-0.2, 0) is 21.7 Å². The van der Waals surface area contributed by atoms with Crippen LogP contribution in [0, 0.1) is 0 Å². The average molecular weight is 329 g/mol. The van der Waals surface area contributed by atoms with E-state index in [1.165, 1.54) is 22.2 Å². The summed E-state index contributed by atoms with van der Waals surface area (Å²) in [7, 11) is 3.36. The van der Waals surface area contributed by atoms with Crippen LogP contribution in [0.2, 0.25) is 0 Å². The summed E-state index contributed by atoms with van der Waals surface area (Å²) in [4.78, 5) is 41.2. The number of rotatable bonds is 4. The Morgan fingerprint density at radius 1 is 1.29 bits per heavy atom. The second-order valence-corrected chi connectivity index (χ2v) is 5.89. The van der Waals surface area contributed by atoms with Gasteiger partial charge in [0.05, 0.1) is 11.9 Å². The van der Waals surface area contributed by atoms with Gasteiger partial charge < -0.3 is 9.80 Å². The monoisotopic (exact) mass is 329 g/mol. The second kappa shape index (κ2) is 6.34. The van der Waals surface area contributed by atoms with Crippen molar-refractivity contribution in [3.05, 3.63) is 36.9 Å². The molecule has 0 aromatic carbocycles. The molecule has 3 rings (SSSR count). The average Bonchev–Trinajstić information content (AvgIpc) is 3.24. The Morgan fingerprint density at radius 2 is 2.12 bits per heavy atom. The molecule has 0 bridgehead atoms. The highest BCUT2D eigenvalue weighted by Gasteiger charge is 2.53. The molecule has 9 nitrogen and oxygen atoms in total. The fourth-order valence-corrected chi connectivity index (χ4v) is 3.18. The number of carbonyl (C=O) groups excluding carboxylic acids is 2. The minimum Gasteiger partial charge on any atom is -0.346 e. The molecular formula is C15H19N7O2. The SMILES string of the molecule is CN(C)C(=O)C1(c2cnccn2)CCCN1C(=O)Cn1cncn1. The molecule has 2 aromatic heterocycles. The van der Waals surface area contributed by atoms with E-state index < -0.39 is 5.54 Å². The number of carbonyl (C=O) groups is 2. The summed E-state index contributed by atoms with van der Waals surface area (Å²) in [6.07, 6.45) is 8.74. The molecule has 1 saturated heterocycles. The lowest BCUT2D eigenvalue weighted by Crippen LogP contribution is -2.55. The van der Waals surface area contributed by atoms with Crippen LogP contribution >= 0.6 is 0 Å². The van der Waals surface area contributed by atoms with Crippen LogP contribution in [0.25, 0.3) is 0 Å². The molecule has 24 heavy (non-hydrogen) atoms. The first-order valence-electron chi connectivity index (χ1n) is 7.67. The van der Waals surface area contributed by atoms with E-state index in [1.54, 1.807) is 37.6 Å². The van der Waals surface area contributed by atoms with Gasteiger partial charge in [0.1, 0.15) is 19.2 Å². The molecule has 1 fully saturated rings. The molecule has 2 aromatic rings. The van der Waals surface area contributed by atoms with Crippen LogP contribution in [0.15, 0.2) is 31.2 Å². The second-order valence-electron chi connectivity index (χ2n) is 5.89. The first kappa shape index (κ1) is 16.0. The molecule has 3 heterocycles. The highest BCUT2D eigenvalue weighted by molar-refractivity contribution is 5.92. The number of hydrogen-bond acceptors (Lipinski definition) is 6. The Hall–Kier alpha value is -2.84. The first-order chi connectivity index (χ1) is 11.6. The van der Waals surface area contributed by atoms with Gasteiger partial charge in [0.2, 0.25) is 5.91 Å². The lowest BCUT2D eigenvalue weighted by Gasteiger charge is -2.38. The van der Waals surface area contributed by atoms with Crippen LogP contribution < -0.4 is 0 Å². The van der Waals surface area contributed by atoms with Crippen LogP contribution in [-0.4, -0.2) is 67.0 Å². The maximum absolute atomic E-state index is 13.0. The third kappa shape index (κ3) is 2.61. The highest BCUT2D eigenvalue weighted by Crippen LogP contribution is 2.39. The minimum atomic E-state index is -1.12. The van der Waals surface area contributed by atoms with Crippen molar-refractivity contribution >= 4 is 11.8 Å². The first-order valence-corrected chi connectivity index (χ1v) is 7.67.